The Morgan fingerprint density at radius 1 is 1.17 bits per heavy atom. The second-order valence-electron chi connectivity index (χ2n) is 5.06. The van der Waals surface area contributed by atoms with Gasteiger partial charge in [-0.2, -0.15) is 0 Å². The lowest BCUT2D eigenvalue weighted by atomic mass is 10.1. The number of nitrogens with zero attached hydrogens (tertiary/aromatic N) is 1. The zero-order valence-corrected chi connectivity index (χ0v) is 12.5. The van der Waals surface area contributed by atoms with Crippen LogP contribution in [0.1, 0.15) is 11.5 Å². The minimum absolute atomic E-state index is 0.0998. The molecule has 6 heteroatoms. The Hall–Kier alpha value is -2.86. The molecule has 0 atom stereocenters. The van der Waals surface area contributed by atoms with Crippen LogP contribution in [0.25, 0.3) is 11.1 Å². The van der Waals surface area contributed by atoms with Crippen LogP contribution in [0.3, 0.4) is 0 Å². The summed E-state index contributed by atoms with van der Waals surface area (Å²) in [6.45, 7) is 0.106. The normalized spacial score (nSPS) is 10.7. The predicted octanol–water partition coefficient (Wildman–Crippen LogP) is 2.53. The van der Waals surface area contributed by atoms with E-state index in [9.17, 15) is 4.79 Å². The summed E-state index contributed by atoms with van der Waals surface area (Å²) in [6, 6.07) is 14.9. The predicted molar refractivity (Wildman–Crippen MR) is 87.4 cm³/mol. The molecule has 0 aliphatic heterocycles. The van der Waals surface area contributed by atoms with E-state index >= 15 is 0 Å². The minimum atomic E-state index is -0.373. The maximum absolute atomic E-state index is 11.6. The Bertz CT molecular complexity index is 799. The van der Waals surface area contributed by atoms with Gasteiger partial charge in [-0.05, 0) is 17.7 Å². The number of rotatable bonds is 5. The summed E-state index contributed by atoms with van der Waals surface area (Å²) in [5.41, 5.74) is 3.10. The van der Waals surface area contributed by atoms with E-state index in [-0.39, 0.29) is 19.2 Å². The Kier molecular flexibility index (Phi) is 4.54. The molecule has 118 valence electrons. The first-order valence-corrected chi connectivity index (χ1v) is 7.34. The van der Waals surface area contributed by atoms with E-state index in [0.717, 1.165) is 11.1 Å². The van der Waals surface area contributed by atoms with Crippen LogP contribution in [0.4, 0.5) is 10.5 Å². The van der Waals surface area contributed by atoms with Crippen molar-refractivity contribution in [2.45, 2.75) is 6.42 Å². The fourth-order valence-electron chi connectivity index (χ4n) is 2.24. The van der Waals surface area contributed by atoms with Crippen LogP contribution in [-0.2, 0) is 6.42 Å². The summed E-state index contributed by atoms with van der Waals surface area (Å²) in [5, 5.41) is 13.9. The third kappa shape index (κ3) is 3.87. The van der Waals surface area contributed by atoms with E-state index in [1.165, 1.54) is 0 Å². The van der Waals surface area contributed by atoms with Crippen molar-refractivity contribution in [2.24, 2.45) is 0 Å². The molecular weight excluding hydrogens is 294 g/mol. The first-order valence-electron chi connectivity index (χ1n) is 7.34. The van der Waals surface area contributed by atoms with Crippen LogP contribution >= 0.6 is 0 Å². The van der Waals surface area contributed by atoms with Crippen molar-refractivity contribution in [3.05, 3.63) is 60.0 Å². The van der Waals surface area contributed by atoms with Crippen LogP contribution < -0.4 is 10.6 Å². The molecule has 0 saturated heterocycles. The lowest BCUT2D eigenvalue weighted by molar-refractivity contribution is 0.245. The molecule has 0 radical (unpaired) electrons. The quantitative estimate of drug-likeness (QED) is 0.675. The van der Waals surface area contributed by atoms with Crippen LogP contribution in [0.15, 0.2) is 52.9 Å². The zero-order chi connectivity index (χ0) is 16.1. The monoisotopic (exact) mass is 311 g/mol. The number of nitrogens with one attached hydrogen (secondary N) is 2. The molecule has 0 saturated carbocycles. The molecular formula is C17H17N3O3. The topological polar surface area (TPSA) is 87.4 Å². The zero-order valence-electron chi connectivity index (χ0n) is 12.5. The lowest BCUT2D eigenvalue weighted by Crippen LogP contribution is -2.30. The van der Waals surface area contributed by atoms with Crippen LogP contribution in [0.5, 0.6) is 0 Å². The number of carbonyl (C=O) groups is 1. The Morgan fingerprint density at radius 2 is 2.00 bits per heavy atom. The van der Waals surface area contributed by atoms with Gasteiger partial charge in [-0.3, -0.25) is 0 Å². The molecule has 0 aliphatic carbocycles. The molecule has 3 rings (SSSR count). The van der Waals surface area contributed by atoms with Crippen molar-refractivity contribution in [1.29, 1.82) is 0 Å². The van der Waals surface area contributed by atoms with E-state index in [1.807, 2.05) is 30.3 Å². The fourth-order valence-corrected chi connectivity index (χ4v) is 2.24. The summed E-state index contributed by atoms with van der Waals surface area (Å²) in [7, 11) is 0. The van der Waals surface area contributed by atoms with Gasteiger partial charge in [0.05, 0.1) is 6.61 Å². The third-order valence-corrected chi connectivity index (χ3v) is 3.29. The number of hydrogen-bond donors (Lipinski definition) is 3. The van der Waals surface area contributed by atoms with Crippen molar-refractivity contribution < 1.29 is 14.3 Å². The molecule has 3 N–H and O–H groups in total. The molecule has 23 heavy (non-hydrogen) atoms. The van der Waals surface area contributed by atoms with E-state index < -0.39 is 0 Å². The van der Waals surface area contributed by atoms with Gasteiger partial charge in [0.15, 0.2) is 11.5 Å². The number of oxazole rings is 1. The largest absolute Gasteiger partial charge is 0.440 e. The van der Waals surface area contributed by atoms with Gasteiger partial charge >= 0.3 is 6.03 Å². The highest BCUT2D eigenvalue weighted by atomic mass is 16.3. The van der Waals surface area contributed by atoms with Crippen molar-refractivity contribution >= 4 is 22.8 Å². The molecule has 0 aliphatic rings. The van der Waals surface area contributed by atoms with Gasteiger partial charge in [0, 0.05) is 24.7 Å². The summed E-state index contributed by atoms with van der Waals surface area (Å²) in [6.07, 6.45) is 0.620. The first kappa shape index (κ1) is 15.1. The number of hydrogen-bond acceptors (Lipinski definition) is 4. The number of amides is 2. The molecule has 0 bridgehead atoms. The van der Waals surface area contributed by atoms with Gasteiger partial charge < -0.3 is 20.2 Å². The average Bonchev–Trinajstić information content (AvgIpc) is 2.95. The number of fused-ring (bicyclic) bond motifs is 1. The molecule has 6 nitrogen and oxygen atoms in total. The minimum Gasteiger partial charge on any atom is -0.440 e. The van der Waals surface area contributed by atoms with Crippen LogP contribution in [-0.4, -0.2) is 29.3 Å². The highest BCUT2D eigenvalue weighted by Crippen LogP contribution is 2.21. The Balaban J connectivity index is 1.74. The van der Waals surface area contributed by atoms with Crippen LogP contribution in [0.2, 0.25) is 0 Å². The lowest BCUT2D eigenvalue weighted by Gasteiger charge is -2.05. The van der Waals surface area contributed by atoms with E-state index in [4.69, 9.17) is 9.52 Å². The van der Waals surface area contributed by atoms with Crippen molar-refractivity contribution in [3.63, 3.8) is 0 Å². The molecule has 0 spiro atoms. The number of anilines is 1. The Labute approximate surface area is 133 Å². The van der Waals surface area contributed by atoms with E-state index in [2.05, 4.69) is 15.6 Å². The molecule has 2 aromatic carbocycles. The molecule has 3 aromatic rings. The summed E-state index contributed by atoms with van der Waals surface area (Å²) in [5.74, 6) is 0.632. The standard InChI is InChI=1S/C17H17N3O3/c21-9-8-18-17(22)19-13-6-7-14-15(11-13)23-16(20-14)10-12-4-2-1-3-5-12/h1-7,11,21H,8-10H2,(H2,18,19,22). The maximum Gasteiger partial charge on any atom is 0.319 e. The van der Waals surface area contributed by atoms with Gasteiger partial charge in [0.25, 0.3) is 0 Å². The smallest absolute Gasteiger partial charge is 0.319 e. The maximum atomic E-state index is 11.6. The van der Waals surface area contributed by atoms with Gasteiger partial charge in [-0.25, -0.2) is 9.78 Å². The van der Waals surface area contributed by atoms with Crippen molar-refractivity contribution in [2.75, 3.05) is 18.5 Å². The number of carbonyl (C=O) groups excluding carboxylic acids is 1. The first-order chi connectivity index (χ1) is 11.2. The second-order valence-corrected chi connectivity index (χ2v) is 5.06. The van der Waals surface area contributed by atoms with Crippen molar-refractivity contribution in [3.8, 4) is 0 Å². The van der Waals surface area contributed by atoms with E-state index in [1.54, 1.807) is 18.2 Å². The number of aromatic nitrogens is 1. The molecule has 1 heterocycles. The highest BCUT2D eigenvalue weighted by Gasteiger charge is 2.08. The van der Waals surface area contributed by atoms with Gasteiger partial charge in [-0.1, -0.05) is 30.3 Å². The van der Waals surface area contributed by atoms with Gasteiger partial charge in [0.2, 0.25) is 0 Å². The average molecular weight is 311 g/mol. The highest BCUT2D eigenvalue weighted by molar-refractivity contribution is 5.91. The number of aliphatic hydroxyl groups excluding tert-OH is 1. The third-order valence-electron chi connectivity index (χ3n) is 3.29. The second kappa shape index (κ2) is 6.93. The number of urea groups is 1. The molecule has 1 aromatic heterocycles. The van der Waals surface area contributed by atoms with Crippen LogP contribution in [0, 0.1) is 0 Å². The number of aliphatic hydroxyl groups is 1. The van der Waals surface area contributed by atoms with E-state index in [0.29, 0.717) is 23.6 Å². The SMILES string of the molecule is O=C(NCCO)Nc1ccc2nc(Cc3ccccc3)oc2c1. The van der Waals surface area contributed by atoms with Gasteiger partial charge in [-0.15, -0.1) is 0 Å². The fraction of sp³-hybridized carbons (Fsp3) is 0.176. The summed E-state index contributed by atoms with van der Waals surface area (Å²) in [4.78, 5) is 16.0. The molecule has 0 fully saturated rings. The summed E-state index contributed by atoms with van der Waals surface area (Å²) < 4.78 is 5.75. The van der Waals surface area contributed by atoms with Crippen molar-refractivity contribution in [1.82, 2.24) is 10.3 Å². The molecule has 0 unspecified atom stereocenters. The summed E-state index contributed by atoms with van der Waals surface area (Å²) >= 11 is 0. The molecule has 2 amide bonds. The Morgan fingerprint density at radius 3 is 2.78 bits per heavy atom. The number of benzene rings is 2. The van der Waals surface area contributed by atoms with Gasteiger partial charge in [0.1, 0.15) is 5.52 Å².